The fourth-order valence-electron chi connectivity index (χ4n) is 1.10. The fourth-order valence-corrected chi connectivity index (χ4v) is 1.10. The summed E-state index contributed by atoms with van der Waals surface area (Å²) in [5, 5.41) is 0. The second-order valence-corrected chi connectivity index (χ2v) is 3.14. The van der Waals surface area contributed by atoms with E-state index in [0.29, 0.717) is 0 Å². The molecular weight excluding hydrogens is 267 g/mol. The van der Waals surface area contributed by atoms with Crippen LogP contribution < -0.4 is 9.97 Å². The van der Waals surface area contributed by atoms with Crippen molar-refractivity contribution in [3.05, 3.63) is 48.0 Å². The molecule has 0 aromatic carbocycles. The first-order chi connectivity index (χ1) is 8.36. The van der Waals surface area contributed by atoms with E-state index < -0.39 is 0 Å². The molecule has 2 rings (SSSR count). The van der Waals surface area contributed by atoms with Crippen molar-refractivity contribution < 1.29 is 17.1 Å². The topological polar surface area (TPSA) is 52.9 Å². The van der Waals surface area contributed by atoms with Crippen LogP contribution in [0.2, 0.25) is 0 Å². The van der Waals surface area contributed by atoms with Gasteiger partial charge in [-0.05, 0) is 6.92 Å². The zero-order valence-corrected chi connectivity index (χ0v) is 11.7. The molecule has 2 heterocycles. The molecule has 0 fully saturated rings. The Hall–Kier alpha value is -1.58. The van der Waals surface area contributed by atoms with Crippen molar-refractivity contribution in [3.8, 4) is 0 Å². The number of hydrogen-bond acceptors (Lipinski definition) is 2. The summed E-state index contributed by atoms with van der Waals surface area (Å²) in [6.45, 7) is 2.83. The number of aromatic nitrogens is 2. The van der Waals surface area contributed by atoms with Crippen LogP contribution in [0.5, 0.6) is 0 Å². The third-order valence-electron chi connectivity index (χ3n) is 1.82. The second-order valence-electron chi connectivity index (χ2n) is 3.14. The van der Waals surface area contributed by atoms with Gasteiger partial charge in [0.1, 0.15) is 0 Å². The predicted molar refractivity (Wildman–Crippen MR) is 71.2 cm³/mol. The van der Waals surface area contributed by atoms with Crippen LogP contribution >= 0.6 is 0 Å². The van der Waals surface area contributed by atoms with Crippen LogP contribution in [0.15, 0.2) is 46.6 Å². The molecule has 0 aliphatic heterocycles. The zero-order chi connectivity index (χ0) is 12.3. The first-order valence-electron chi connectivity index (χ1n) is 5.44. The number of hydrogen-bond donors (Lipinski definition) is 0. The third-order valence-corrected chi connectivity index (χ3v) is 1.82. The Morgan fingerprint density at radius 1 is 1.06 bits per heavy atom. The van der Waals surface area contributed by atoms with Gasteiger partial charge in [-0.3, -0.25) is 9.98 Å². The number of rotatable bonds is 3. The maximum Gasteiger partial charge on any atom is 2.00 e. The van der Waals surface area contributed by atoms with Gasteiger partial charge in [0.2, 0.25) is 0 Å². The molecule has 0 amide bonds. The van der Waals surface area contributed by atoms with Crippen LogP contribution in [-0.4, -0.2) is 26.0 Å². The first kappa shape index (κ1) is 16.4. The van der Waals surface area contributed by atoms with Crippen LogP contribution in [0.4, 0.5) is 0 Å². The summed E-state index contributed by atoms with van der Waals surface area (Å²) >= 11 is 0. The molecule has 0 aliphatic carbocycles. The quantitative estimate of drug-likeness (QED) is 0.637. The van der Waals surface area contributed by atoms with E-state index in [1.165, 1.54) is 0 Å². The standard InChI is InChI=1S/C7H9N2.C6H7N2.Mn/c1-2-8-6-7-4-3-5-9-7;1-7-5-6-3-2-4-8-6;/h3-6H,2H2,1H3;2-5H,1H3;/q2*-1;+2. The van der Waals surface area contributed by atoms with Gasteiger partial charge in [-0.25, -0.2) is 0 Å². The Labute approximate surface area is 118 Å². The van der Waals surface area contributed by atoms with Crippen LogP contribution in [0.3, 0.4) is 0 Å². The zero-order valence-electron chi connectivity index (χ0n) is 10.5. The van der Waals surface area contributed by atoms with Crippen LogP contribution in [0.1, 0.15) is 18.3 Å². The smallest absolute Gasteiger partial charge is 0.663 e. The predicted octanol–water partition coefficient (Wildman–Crippen LogP) is 1.77. The average Bonchev–Trinajstić information content (AvgIpc) is 3.00. The monoisotopic (exact) mass is 283 g/mol. The Bertz CT molecular complexity index is 430. The first-order valence-corrected chi connectivity index (χ1v) is 5.44. The molecule has 2 aromatic rings. The summed E-state index contributed by atoms with van der Waals surface area (Å²) in [5.41, 5.74) is 1.87. The molecule has 4 nitrogen and oxygen atoms in total. The van der Waals surface area contributed by atoms with Gasteiger partial charge in [0.05, 0.1) is 0 Å². The van der Waals surface area contributed by atoms with E-state index in [1.54, 1.807) is 31.9 Å². The second kappa shape index (κ2) is 10.6. The molecule has 0 N–H and O–H groups in total. The minimum Gasteiger partial charge on any atom is -0.663 e. The van der Waals surface area contributed by atoms with Crippen molar-refractivity contribution in [2.24, 2.45) is 9.98 Å². The molecule has 18 heavy (non-hydrogen) atoms. The largest absolute Gasteiger partial charge is 2.00 e. The molecule has 2 aromatic heterocycles. The molecule has 95 valence electrons. The van der Waals surface area contributed by atoms with Crippen molar-refractivity contribution in [3.63, 3.8) is 0 Å². The van der Waals surface area contributed by atoms with Crippen LogP contribution in [-0.2, 0) is 17.1 Å². The molecule has 0 atom stereocenters. The van der Waals surface area contributed by atoms with Gasteiger partial charge in [0.15, 0.2) is 0 Å². The maximum absolute atomic E-state index is 4.03. The van der Waals surface area contributed by atoms with E-state index in [-0.39, 0.29) is 17.1 Å². The SMILES string of the molecule is CCN=Cc1ccc[n-]1.CN=Cc1ccc[n-]1.[Mn+2]. The van der Waals surface area contributed by atoms with Gasteiger partial charge in [0.25, 0.3) is 0 Å². The van der Waals surface area contributed by atoms with Crippen molar-refractivity contribution in [1.29, 1.82) is 0 Å². The Balaban J connectivity index is 0.000000306. The van der Waals surface area contributed by atoms with Crippen molar-refractivity contribution in [2.45, 2.75) is 6.92 Å². The average molecular weight is 283 g/mol. The molecular formula is C13H16MnN4. The number of aliphatic imine (C=N–C) groups is 2. The van der Waals surface area contributed by atoms with Crippen LogP contribution in [0, 0.1) is 0 Å². The molecule has 1 radical (unpaired) electrons. The third kappa shape index (κ3) is 6.89. The van der Waals surface area contributed by atoms with Crippen molar-refractivity contribution in [2.75, 3.05) is 13.6 Å². The van der Waals surface area contributed by atoms with E-state index >= 15 is 0 Å². The minimum absolute atomic E-state index is 0. The molecule has 5 heteroatoms. The van der Waals surface area contributed by atoms with E-state index in [9.17, 15) is 0 Å². The van der Waals surface area contributed by atoms with Gasteiger partial charge >= 0.3 is 17.1 Å². The summed E-state index contributed by atoms with van der Waals surface area (Å²) < 4.78 is 0. The number of nitrogens with zero attached hydrogens (tertiary/aromatic N) is 4. The van der Waals surface area contributed by atoms with Crippen molar-refractivity contribution >= 4 is 12.4 Å². The summed E-state index contributed by atoms with van der Waals surface area (Å²) in [7, 11) is 1.73. The molecule has 0 saturated carbocycles. The van der Waals surface area contributed by atoms with E-state index in [2.05, 4.69) is 20.0 Å². The van der Waals surface area contributed by atoms with Gasteiger partial charge in [-0.1, -0.05) is 24.3 Å². The van der Waals surface area contributed by atoms with E-state index in [1.807, 2.05) is 31.2 Å². The van der Waals surface area contributed by atoms with Gasteiger partial charge < -0.3 is 9.97 Å². The van der Waals surface area contributed by atoms with Gasteiger partial charge in [-0.15, -0.1) is 11.4 Å². The molecule has 0 aliphatic rings. The molecule has 0 saturated heterocycles. The van der Waals surface area contributed by atoms with Gasteiger partial charge in [-0.2, -0.15) is 12.4 Å². The molecule has 0 bridgehead atoms. The Morgan fingerprint density at radius 2 is 1.61 bits per heavy atom. The Kier molecular flexibility index (Phi) is 9.64. The molecule has 0 spiro atoms. The van der Waals surface area contributed by atoms with Crippen LogP contribution in [0.25, 0.3) is 0 Å². The maximum atomic E-state index is 4.03. The summed E-state index contributed by atoms with van der Waals surface area (Å²) in [6.07, 6.45) is 7.01. The normalized spacial score (nSPS) is 10.1. The van der Waals surface area contributed by atoms with E-state index in [0.717, 1.165) is 17.9 Å². The summed E-state index contributed by atoms with van der Waals surface area (Å²) in [4.78, 5) is 15.8. The fraction of sp³-hybridized carbons (Fsp3) is 0.231. The minimum atomic E-state index is 0. The van der Waals surface area contributed by atoms with E-state index in [4.69, 9.17) is 0 Å². The van der Waals surface area contributed by atoms with Crippen molar-refractivity contribution in [1.82, 2.24) is 9.97 Å². The Morgan fingerprint density at radius 3 is 2.00 bits per heavy atom. The van der Waals surface area contributed by atoms with Gasteiger partial charge in [0, 0.05) is 26.0 Å². The summed E-state index contributed by atoms with van der Waals surface area (Å²) in [5.74, 6) is 0. The molecule has 0 unspecified atom stereocenters. The summed E-state index contributed by atoms with van der Waals surface area (Å²) in [6, 6.07) is 7.63.